The molecule has 0 radical (unpaired) electrons. The van der Waals surface area contributed by atoms with Gasteiger partial charge in [-0.15, -0.1) is 0 Å². The molecule has 0 saturated heterocycles. The molecule has 1 saturated carbocycles. The number of halogens is 2. The van der Waals surface area contributed by atoms with E-state index in [4.69, 9.17) is 23.2 Å². The third kappa shape index (κ3) is 1.37. The topological polar surface area (TPSA) is 0 Å². The van der Waals surface area contributed by atoms with Crippen LogP contribution in [0.3, 0.4) is 0 Å². The molecule has 1 aliphatic carbocycles. The van der Waals surface area contributed by atoms with E-state index in [0.29, 0.717) is 0 Å². The summed E-state index contributed by atoms with van der Waals surface area (Å²) in [6.45, 7) is 4.11. The standard InChI is InChI=1S/C12H12Cl2/c1-11(2)10(12(11,13)14)8-9-6-4-3-5-7-9/h3-8H,1-2H3. The maximum Gasteiger partial charge on any atom is 0.149 e. The molecule has 1 fully saturated rings. The highest BCUT2D eigenvalue weighted by molar-refractivity contribution is 6.55. The monoisotopic (exact) mass is 226 g/mol. The molecule has 1 aromatic rings. The fourth-order valence-corrected chi connectivity index (χ4v) is 2.27. The Hall–Kier alpha value is -0.460. The van der Waals surface area contributed by atoms with E-state index in [9.17, 15) is 0 Å². The Kier molecular flexibility index (Phi) is 2.17. The van der Waals surface area contributed by atoms with Gasteiger partial charge in [0.25, 0.3) is 0 Å². The van der Waals surface area contributed by atoms with Crippen LogP contribution in [0.15, 0.2) is 35.9 Å². The molecule has 0 nitrogen and oxygen atoms in total. The minimum absolute atomic E-state index is 0.0913. The number of alkyl halides is 2. The van der Waals surface area contributed by atoms with Crippen molar-refractivity contribution in [2.45, 2.75) is 18.2 Å². The van der Waals surface area contributed by atoms with Crippen molar-refractivity contribution in [1.29, 1.82) is 0 Å². The SMILES string of the molecule is CC1(C)C(=Cc2ccccc2)C1(Cl)Cl. The molecular formula is C12H12Cl2. The van der Waals surface area contributed by atoms with E-state index < -0.39 is 4.33 Å². The second kappa shape index (κ2) is 3.01. The Bertz CT molecular complexity index is 359. The summed E-state index contributed by atoms with van der Waals surface area (Å²) in [6, 6.07) is 10.1. The molecule has 0 aliphatic heterocycles. The minimum Gasteiger partial charge on any atom is -0.0957 e. The van der Waals surface area contributed by atoms with Gasteiger partial charge in [0.15, 0.2) is 0 Å². The van der Waals surface area contributed by atoms with Crippen LogP contribution >= 0.6 is 23.2 Å². The zero-order valence-corrected chi connectivity index (χ0v) is 9.73. The summed E-state index contributed by atoms with van der Waals surface area (Å²) in [5, 5.41) is 0. The molecule has 2 heteroatoms. The molecular weight excluding hydrogens is 215 g/mol. The van der Waals surface area contributed by atoms with E-state index in [-0.39, 0.29) is 5.41 Å². The average molecular weight is 227 g/mol. The Labute approximate surface area is 94.5 Å². The fourth-order valence-electron chi connectivity index (χ4n) is 1.58. The molecule has 0 heterocycles. The Morgan fingerprint density at radius 3 is 2.00 bits per heavy atom. The summed E-state index contributed by atoms with van der Waals surface area (Å²) in [6.07, 6.45) is 2.07. The molecule has 0 aromatic heterocycles. The van der Waals surface area contributed by atoms with Crippen molar-refractivity contribution in [2.75, 3.05) is 0 Å². The van der Waals surface area contributed by atoms with Crippen LogP contribution in [-0.2, 0) is 0 Å². The van der Waals surface area contributed by atoms with Gasteiger partial charge in [-0.05, 0) is 11.1 Å². The predicted octanol–water partition coefficient (Wildman–Crippen LogP) is 4.28. The summed E-state index contributed by atoms with van der Waals surface area (Å²) in [5.74, 6) is 0. The van der Waals surface area contributed by atoms with Gasteiger partial charge in [-0.2, -0.15) is 0 Å². The lowest BCUT2D eigenvalue weighted by Crippen LogP contribution is -1.96. The predicted molar refractivity (Wildman–Crippen MR) is 62.6 cm³/mol. The second-order valence-corrected chi connectivity index (χ2v) is 5.50. The highest BCUT2D eigenvalue weighted by Crippen LogP contribution is 2.68. The summed E-state index contributed by atoms with van der Waals surface area (Å²) < 4.78 is -0.678. The molecule has 2 rings (SSSR count). The zero-order chi connectivity index (χ0) is 10.4. The van der Waals surface area contributed by atoms with Crippen LogP contribution in [0.1, 0.15) is 19.4 Å². The summed E-state index contributed by atoms with van der Waals surface area (Å²) in [7, 11) is 0. The van der Waals surface area contributed by atoms with Crippen LogP contribution in [0.2, 0.25) is 0 Å². The molecule has 0 amide bonds. The molecule has 14 heavy (non-hydrogen) atoms. The highest BCUT2D eigenvalue weighted by atomic mass is 35.5. The van der Waals surface area contributed by atoms with Gasteiger partial charge in [0.05, 0.1) is 0 Å². The van der Waals surface area contributed by atoms with Gasteiger partial charge in [-0.3, -0.25) is 0 Å². The summed E-state index contributed by atoms with van der Waals surface area (Å²) in [5.41, 5.74) is 2.16. The Balaban J connectivity index is 2.32. The van der Waals surface area contributed by atoms with E-state index in [2.05, 4.69) is 19.9 Å². The van der Waals surface area contributed by atoms with Gasteiger partial charge in [0.2, 0.25) is 0 Å². The van der Waals surface area contributed by atoms with Gasteiger partial charge in [-0.1, -0.05) is 73.5 Å². The molecule has 1 aliphatic rings. The van der Waals surface area contributed by atoms with Crippen LogP contribution in [0.5, 0.6) is 0 Å². The van der Waals surface area contributed by atoms with Crippen molar-refractivity contribution in [2.24, 2.45) is 5.41 Å². The van der Waals surface area contributed by atoms with E-state index in [0.717, 1.165) is 11.1 Å². The van der Waals surface area contributed by atoms with Crippen molar-refractivity contribution in [3.63, 3.8) is 0 Å². The maximum absolute atomic E-state index is 6.15. The summed E-state index contributed by atoms with van der Waals surface area (Å²) in [4.78, 5) is 0. The molecule has 0 N–H and O–H groups in total. The van der Waals surface area contributed by atoms with Crippen molar-refractivity contribution >= 4 is 29.3 Å². The minimum atomic E-state index is -0.678. The Morgan fingerprint density at radius 2 is 1.57 bits per heavy atom. The first-order valence-corrected chi connectivity index (χ1v) is 5.37. The maximum atomic E-state index is 6.15. The zero-order valence-electron chi connectivity index (χ0n) is 8.22. The van der Waals surface area contributed by atoms with Gasteiger partial charge in [-0.25, -0.2) is 0 Å². The lowest BCUT2D eigenvalue weighted by atomic mass is 10.1. The van der Waals surface area contributed by atoms with Crippen LogP contribution in [0.25, 0.3) is 6.08 Å². The first-order chi connectivity index (χ1) is 6.46. The molecule has 0 unspecified atom stereocenters. The number of hydrogen-bond donors (Lipinski definition) is 0. The first kappa shape index (κ1) is 10.1. The number of rotatable bonds is 1. The van der Waals surface area contributed by atoms with Crippen LogP contribution in [-0.4, -0.2) is 4.33 Å². The lowest BCUT2D eigenvalue weighted by Gasteiger charge is -1.97. The van der Waals surface area contributed by atoms with Crippen molar-refractivity contribution in [3.05, 3.63) is 41.5 Å². The van der Waals surface area contributed by atoms with Gasteiger partial charge < -0.3 is 0 Å². The lowest BCUT2D eigenvalue weighted by molar-refractivity contribution is 0.670. The summed E-state index contributed by atoms with van der Waals surface area (Å²) >= 11 is 12.3. The average Bonchev–Trinajstić information content (AvgIpc) is 2.50. The molecule has 0 bridgehead atoms. The van der Waals surface area contributed by atoms with Crippen molar-refractivity contribution < 1.29 is 0 Å². The Morgan fingerprint density at radius 1 is 1.07 bits per heavy atom. The third-order valence-corrected chi connectivity index (χ3v) is 4.20. The van der Waals surface area contributed by atoms with Gasteiger partial charge in [0, 0.05) is 5.41 Å². The van der Waals surface area contributed by atoms with Gasteiger partial charge >= 0.3 is 0 Å². The van der Waals surface area contributed by atoms with Crippen LogP contribution in [0, 0.1) is 5.41 Å². The first-order valence-electron chi connectivity index (χ1n) is 4.62. The largest absolute Gasteiger partial charge is 0.149 e. The normalized spacial score (nSPS) is 25.0. The number of benzene rings is 1. The fraction of sp³-hybridized carbons (Fsp3) is 0.333. The van der Waals surface area contributed by atoms with Crippen LogP contribution < -0.4 is 0 Å². The van der Waals surface area contributed by atoms with E-state index in [1.165, 1.54) is 0 Å². The van der Waals surface area contributed by atoms with E-state index >= 15 is 0 Å². The molecule has 1 aromatic carbocycles. The van der Waals surface area contributed by atoms with E-state index in [1.54, 1.807) is 0 Å². The van der Waals surface area contributed by atoms with Crippen molar-refractivity contribution in [1.82, 2.24) is 0 Å². The van der Waals surface area contributed by atoms with Crippen molar-refractivity contribution in [3.8, 4) is 0 Å². The van der Waals surface area contributed by atoms with E-state index in [1.807, 2.05) is 30.3 Å². The third-order valence-electron chi connectivity index (χ3n) is 2.84. The molecule has 74 valence electrons. The quantitative estimate of drug-likeness (QED) is 0.628. The second-order valence-electron chi connectivity index (χ2n) is 4.17. The number of hydrogen-bond acceptors (Lipinski definition) is 0. The van der Waals surface area contributed by atoms with Crippen LogP contribution in [0.4, 0.5) is 0 Å². The molecule has 0 spiro atoms. The smallest absolute Gasteiger partial charge is 0.0957 e. The number of allylic oxidation sites excluding steroid dienone is 1. The highest BCUT2D eigenvalue weighted by Gasteiger charge is 2.65. The van der Waals surface area contributed by atoms with Gasteiger partial charge in [0.1, 0.15) is 4.33 Å². The molecule has 0 atom stereocenters.